The van der Waals surface area contributed by atoms with Gasteiger partial charge in [-0.1, -0.05) is 23.2 Å². The van der Waals surface area contributed by atoms with Crippen LogP contribution in [0.15, 0.2) is 23.1 Å². The van der Waals surface area contributed by atoms with Crippen molar-refractivity contribution in [3.8, 4) is 0 Å². The van der Waals surface area contributed by atoms with Crippen LogP contribution in [-0.2, 0) is 14.6 Å². The summed E-state index contributed by atoms with van der Waals surface area (Å²) in [6.07, 6.45) is 0. The Hall–Kier alpha value is -0.780. The first-order valence-corrected chi connectivity index (χ1v) is 6.20. The molecule has 4 nitrogen and oxygen atoms in total. The lowest BCUT2D eigenvalue weighted by molar-refractivity contribution is -0.115. The highest BCUT2D eigenvalue weighted by Crippen LogP contribution is 2.25. The molecule has 0 saturated carbocycles. The van der Waals surface area contributed by atoms with Crippen molar-refractivity contribution in [2.75, 3.05) is 5.75 Å². The summed E-state index contributed by atoms with van der Waals surface area (Å²) in [5.74, 6) is -1.72. The second kappa shape index (κ2) is 4.38. The van der Waals surface area contributed by atoms with Gasteiger partial charge in [-0.15, -0.1) is 0 Å². The molecule has 1 rings (SSSR count). The van der Waals surface area contributed by atoms with E-state index >= 15 is 0 Å². The Morgan fingerprint density at radius 1 is 1.33 bits per heavy atom. The molecule has 0 fully saturated rings. The second-order valence-electron chi connectivity index (χ2n) is 2.80. The van der Waals surface area contributed by atoms with E-state index in [9.17, 15) is 13.2 Å². The summed E-state index contributed by atoms with van der Waals surface area (Å²) in [6.45, 7) is 0. The lowest BCUT2D eigenvalue weighted by Gasteiger charge is -2.04. The monoisotopic (exact) mass is 267 g/mol. The van der Waals surface area contributed by atoms with Crippen molar-refractivity contribution in [3.63, 3.8) is 0 Å². The predicted octanol–water partition coefficient (Wildman–Crippen LogP) is 1.25. The van der Waals surface area contributed by atoms with E-state index in [1.54, 1.807) is 0 Å². The fourth-order valence-electron chi connectivity index (χ4n) is 0.981. The van der Waals surface area contributed by atoms with E-state index in [2.05, 4.69) is 0 Å². The van der Waals surface area contributed by atoms with Gasteiger partial charge in [0.2, 0.25) is 5.91 Å². The summed E-state index contributed by atoms with van der Waals surface area (Å²) < 4.78 is 23.1. The molecular formula is C8H7Cl2NO3S. The van der Waals surface area contributed by atoms with Crippen molar-refractivity contribution in [1.82, 2.24) is 0 Å². The van der Waals surface area contributed by atoms with Crippen LogP contribution in [0.5, 0.6) is 0 Å². The van der Waals surface area contributed by atoms with Crippen LogP contribution < -0.4 is 5.73 Å². The lowest BCUT2D eigenvalue weighted by Crippen LogP contribution is -2.23. The molecule has 2 N–H and O–H groups in total. The minimum absolute atomic E-state index is 0.0145. The van der Waals surface area contributed by atoms with Gasteiger partial charge >= 0.3 is 0 Å². The number of hydrogen-bond donors (Lipinski definition) is 1. The van der Waals surface area contributed by atoms with E-state index in [-0.39, 0.29) is 14.9 Å². The van der Waals surface area contributed by atoms with Crippen LogP contribution in [0.25, 0.3) is 0 Å². The summed E-state index contributed by atoms with van der Waals surface area (Å²) in [4.78, 5) is 10.4. The third-order valence-corrected chi connectivity index (χ3v) is 3.91. The van der Waals surface area contributed by atoms with E-state index in [0.717, 1.165) is 0 Å². The molecule has 0 bridgehead atoms. The first kappa shape index (κ1) is 12.3. The fourth-order valence-corrected chi connectivity index (χ4v) is 2.89. The Labute approximate surface area is 96.9 Å². The van der Waals surface area contributed by atoms with Crippen molar-refractivity contribution in [2.24, 2.45) is 5.73 Å². The van der Waals surface area contributed by atoms with Gasteiger partial charge in [-0.05, 0) is 18.2 Å². The molecule has 1 aromatic rings. The number of carbonyl (C=O) groups is 1. The number of amides is 1. The molecule has 0 aliphatic heterocycles. The molecule has 0 atom stereocenters. The fraction of sp³-hybridized carbons (Fsp3) is 0.125. The summed E-state index contributed by atoms with van der Waals surface area (Å²) in [5, 5.41) is 0.239. The van der Waals surface area contributed by atoms with Crippen LogP contribution in [0, 0.1) is 0 Å². The maximum absolute atomic E-state index is 11.6. The number of benzene rings is 1. The third kappa shape index (κ3) is 3.09. The van der Waals surface area contributed by atoms with Crippen molar-refractivity contribution in [2.45, 2.75) is 4.90 Å². The van der Waals surface area contributed by atoms with Gasteiger partial charge in [0.25, 0.3) is 0 Å². The van der Waals surface area contributed by atoms with Crippen LogP contribution in [0.2, 0.25) is 10.0 Å². The molecule has 15 heavy (non-hydrogen) atoms. The second-order valence-corrected chi connectivity index (χ2v) is 5.60. The minimum atomic E-state index is -3.80. The molecule has 0 spiro atoms. The highest BCUT2D eigenvalue weighted by Gasteiger charge is 2.20. The standard InChI is InChI=1S/C8H7Cl2NO3S/c9-5-1-2-6(10)7(3-5)15(13,14)4-8(11)12/h1-3H,4H2,(H2,11,12). The van der Waals surface area contributed by atoms with Gasteiger partial charge < -0.3 is 5.73 Å². The SMILES string of the molecule is NC(=O)CS(=O)(=O)c1cc(Cl)ccc1Cl. The molecular weight excluding hydrogens is 261 g/mol. The van der Waals surface area contributed by atoms with Crippen LogP contribution in [0.4, 0.5) is 0 Å². The lowest BCUT2D eigenvalue weighted by atomic mass is 10.4. The first-order chi connectivity index (χ1) is 6.83. The van der Waals surface area contributed by atoms with Gasteiger partial charge in [-0.3, -0.25) is 4.79 Å². The van der Waals surface area contributed by atoms with Crippen LogP contribution in [-0.4, -0.2) is 20.1 Å². The minimum Gasteiger partial charge on any atom is -0.369 e. The topological polar surface area (TPSA) is 77.2 Å². The molecule has 7 heteroatoms. The number of carbonyl (C=O) groups excluding carboxylic acids is 1. The number of sulfone groups is 1. The predicted molar refractivity (Wildman–Crippen MR) is 57.7 cm³/mol. The number of hydrogen-bond acceptors (Lipinski definition) is 3. The Morgan fingerprint density at radius 2 is 1.93 bits per heavy atom. The number of halogens is 2. The van der Waals surface area contributed by atoms with E-state index in [0.29, 0.717) is 0 Å². The maximum atomic E-state index is 11.6. The van der Waals surface area contributed by atoms with Gasteiger partial charge in [0, 0.05) is 5.02 Å². The van der Waals surface area contributed by atoms with E-state index in [4.69, 9.17) is 28.9 Å². The largest absolute Gasteiger partial charge is 0.369 e. The van der Waals surface area contributed by atoms with Crippen LogP contribution in [0.3, 0.4) is 0 Å². The summed E-state index contributed by atoms with van der Waals surface area (Å²) in [7, 11) is -3.80. The molecule has 0 saturated heterocycles. The first-order valence-electron chi connectivity index (χ1n) is 3.79. The molecule has 0 aromatic heterocycles. The molecule has 0 heterocycles. The van der Waals surface area contributed by atoms with E-state index in [1.165, 1.54) is 18.2 Å². The Balaban J connectivity index is 3.26. The quantitative estimate of drug-likeness (QED) is 0.896. The van der Waals surface area contributed by atoms with E-state index in [1.807, 2.05) is 0 Å². The van der Waals surface area contributed by atoms with Gasteiger partial charge in [0.15, 0.2) is 9.84 Å². The van der Waals surface area contributed by atoms with Crippen molar-refractivity contribution in [3.05, 3.63) is 28.2 Å². The number of rotatable bonds is 3. The highest BCUT2D eigenvalue weighted by molar-refractivity contribution is 7.92. The molecule has 0 aliphatic carbocycles. The zero-order valence-corrected chi connectivity index (χ0v) is 9.73. The van der Waals surface area contributed by atoms with Crippen LogP contribution in [0.1, 0.15) is 0 Å². The maximum Gasteiger partial charge on any atom is 0.233 e. The summed E-state index contributed by atoms with van der Waals surface area (Å²) >= 11 is 11.3. The molecule has 1 amide bonds. The molecule has 1 aromatic carbocycles. The number of nitrogens with two attached hydrogens (primary N) is 1. The average Bonchev–Trinajstić information content (AvgIpc) is 2.06. The Bertz CT molecular complexity index is 499. The normalized spacial score (nSPS) is 11.3. The zero-order chi connectivity index (χ0) is 11.6. The third-order valence-electron chi connectivity index (χ3n) is 1.56. The van der Waals surface area contributed by atoms with Gasteiger partial charge in [-0.25, -0.2) is 8.42 Å². The number of primary amides is 1. The highest BCUT2D eigenvalue weighted by atomic mass is 35.5. The van der Waals surface area contributed by atoms with Gasteiger partial charge in [-0.2, -0.15) is 0 Å². The van der Waals surface area contributed by atoms with Crippen LogP contribution >= 0.6 is 23.2 Å². The van der Waals surface area contributed by atoms with Crippen molar-refractivity contribution < 1.29 is 13.2 Å². The molecule has 82 valence electrons. The smallest absolute Gasteiger partial charge is 0.233 e. The van der Waals surface area contributed by atoms with Crippen molar-refractivity contribution in [1.29, 1.82) is 0 Å². The Morgan fingerprint density at radius 3 is 2.47 bits per heavy atom. The summed E-state index contributed by atoms with van der Waals surface area (Å²) in [6, 6.07) is 3.98. The zero-order valence-electron chi connectivity index (χ0n) is 7.41. The Kier molecular flexibility index (Phi) is 3.59. The van der Waals surface area contributed by atoms with Gasteiger partial charge in [0.1, 0.15) is 5.75 Å². The molecule has 0 radical (unpaired) electrons. The summed E-state index contributed by atoms with van der Waals surface area (Å²) in [5.41, 5.74) is 4.81. The van der Waals surface area contributed by atoms with Gasteiger partial charge in [0.05, 0.1) is 9.92 Å². The van der Waals surface area contributed by atoms with E-state index < -0.39 is 21.5 Å². The average molecular weight is 268 g/mol. The van der Waals surface area contributed by atoms with Crippen molar-refractivity contribution >= 4 is 38.9 Å². The molecule has 0 aliphatic rings. The molecule has 0 unspecified atom stereocenters.